The topological polar surface area (TPSA) is 44.8 Å². The van der Waals surface area contributed by atoms with E-state index in [0.29, 0.717) is 30.3 Å². The highest BCUT2D eigenvalue weighted by molar-refractivity contribution is 5.90. The normalized spacial score (nSPS) is 9.82. The molecule has 0 unspecified atom stereocenters. The summed E-state index contributed by atoms with van der Waals surface area (Å²) >= 11 is 0. The lowest BCUT2D eigenvalue weighted by Gasteiger charge is -2.10. The van der Waals surface area contributed by atoms with Crippen LogP contribution in [-0.4, -0.2) is 26.3 Å². The van der Waals surface area contributed by atoms with E-state index >= 15 is 0 Å². The summed E-state index contributed by atoms with van der Waals surface area (Å²) in [6.07, 6.45) is 0.909. The van der Waals surface area contributed by atoms with E-state index in [-0.39, 0.29) is 0 Å². The molecule has 0 heterocycles. The van der Waals surface area contributed by atoms with E-state index in [2.05, 4.69) is 4.74 Å². The summed E-state index contributed by atoms with van der Waals surface area (Å²) in [4.78, 5) is 11.5. The van der Waals surface area contributed by atoms with Crippen LogP contribution in [0.2, 0.25) is 0 Å². The molecule has 1 aromatic carbocycles. The van der Waals surface area contributed by atoms with Gasteiger partial charge in [-0.05, 0) is 25.5 Å². The van der Waals surface area contributed by atoms with Gasteiger partial charge in [0.25, 0.3) is 0 Å². The summed E-state index contributed by atoms with van der Waals surface area (Å²) in [6, 6.07) is 5.07. The van der Waals surface area contributed by atoms with Crippen LogP contribution in [0.1, 0.15) is 30.6 Å². The summed E-state index contributed by atoms with van der Waals surface area (Å²) < 4.78 is 15.5. The van der Waals surface area contributed by atoms with Gasteiger partial charge in [-0.15, -0.1) is 0 Å². The van der Waals surface area contributed by atoms with Crippen LogP contribution < -0.4 is 9.47 Å². The summed E-state index contributed by atoms with van der Waals surface area (Å²) in [7, 11) is 1.35. The average Bonchev–Trinajstić information content (AvgIpc) is 2.35. The highest BCUT2D eigenvalue weighted by atomic mass is 16.5. The Hall–Kier alpha value is -1.71. The largest absolute Gasteiger partial charge is 0.494 e. The highest BCUT2D eigenvalue weighted by Gasteiger charge is 2.10. The summed E-state index contributed by atoms with van der Waals surface area (Å²) in [5.41, 5.74) is 0.435. The van der Waals surface area contributed by atoms with Crippen molar-refractivity contribution in [2.24, 2.45) is 0 Å². The maximum atomic E-state index is 11.5. The van der Waals surface area contributed by atoms with Gasteiger partial charge in [-0.25, -0.2) is 4.79 Å². The number of benzene rings is 1. The van der Waals surface area contributed by atoms with Crippen molar-refractivity contribution in [3.8, 4) is 11.5 Å². The van der Waals surface area contributed by atoms with Crippen molar-refractivity contribution in [2.45, 2.75) is 20.3 Å². The smallest absolute Gasteiger partial charge is 0.338 e. The van der Waals surface area contributed by atoms with E-state index in [0.717, 1.165) is 6.42 Å². The van der Waals surface area contributed by atoms with Gasteiger partial charge < -0.3 is 14.2 Å². The van der Waals surface area contributed by atoms with Crippen molar-refractivity contribution in [2.75, 3.05) is 20.3 Å². The van der Waals surface area contributed by atoms with Gasteiger partial charge in [0.2, 0.25) is 0 Å². The molecule has 0 saturated carbocycles. The Morgan fingerprint density at radius 2 is 1.76 bits per heavy atom. The monoisotopic (exact) mass is 238 g/mol. The molecule has 0 aliphatic heterocycles. The number of rotatable bonds is 6. The average molecular weight is 238 g/mol. The predicted molar refractivity (Wildman–Crippen MR) is 64.7 cm³/mol. The maximum Gasteiger partial charge on any atom is 0.338 e. The van der Waals surface area contributed by atoms with Gasteiger partial charge in [-0.2, -0.15) is 0 Å². The van der Waals surface area contributed by atoms with Gasteiger partial charge in [0.05, 0.1) is 25.9 Å². The molecule has 0 aliphatic carbocycles. The van der Waals surface area contributed by atoms with Crippen molar-refractivity contribution < 1.29 is 19.0 Å². The van der Waals surface area contributed by atoms with Crippen LogP contribution in [0, 0.1) is 0 Å². The molecule has 0 N–H and O–H groups in total. The summed E-state index contributed by atoms with van der Waals surface area (Å²) in [5.74, 6) is 0.840. The predicted octanol–water partition coefficient (Wildman–Crippen LogP) is 2.66. The molecule has 1 aromatic rings. The van der Waals surface area contributed by atoms with Gasteiger partial charge in [0.15, 0.2) is 0 Å². The standard InChI is InChI=1S/C13H18O4/c1-4-6-17-12-8-10(13(14)15-3)7-11(9-12)16-5-2/h7-9H,4-6H2,1-3H3. The third kappa shape index (κ3) is 3.98. The second-order valence-corrected chi connectivity index (χ2v) is 3.47. The first-order valence-electron chi connectivity index (χ1n) is 5.70. The number of carbonyl (C=O) groups is 1. The van der Waals surface area contributed by atoms with Crippen molar-refractivity contribution in [1.29, 1.82) is 0 Å². The molecular formula is C13H18O4. The number of carbonyl (C=O) groups excluding carboxylic acids is 1. The van der Waals surface area contributed by atoms with Crippen molar-refractivity contribution in [1.82, 2.24) is 0 Å². The number of methoxy groups -OCH3 is 1. The van der Waals surface area contributed by atoms with E-state index in [1.165, 1.54) is 7.11 Å². The molecule has 1 rings (SSSR count). The van der Waals surface area contributed by atoms with Gasteiger partial charge >= 0.3 is 5.97 Å². The Labute approximate surface area is 101 Å². The molecule has 4 nitrogen and oxygen atoms in total. The molecule has 0 aliphatic rings. The zero-order valence-corrected chi connectivity index (χ0v) is 10.5. The molecular weight excluding hydrogens is 220 g/mol. The van der Waals surface area contributed by atoms with Crippen LogP contribution in [0.4, 0.5) is 0 Å². The number of esters is 1. The second kappa shape index (κ2) is 6.78. The summed E-state index contributed by atoms with van der Waals surface area (Å²) in [6.45, 7) is 5.05. The molecule has 94 valence electrons. The molecule has 0 aromatic heterocycles. The fraction of sp³-hybridized carbons (Fsp3) is 0.462. The third-order valence-electron chi connectivity index (χ3n) is 2.08. The molecule has 0 atom stereocenters. The second-order valence-electron chi connectivity index (χ2n) is 3.47. The molecule has 0 saturated heterocycles. The van der Waals surface area contributed by atoms with Gasteiger partial charge in [-0.3, -0.25) is 0 Å². The molecule has 0 spiro atoms. The molecule has 0 amide bonds. The molecule has 0 radical (unpaired) electrons. The minimum atomic E-state index is -0.395. The Balaban J connectivity index is 2.96. The number of ether oxygens (including phenoxy) is 3. The third-order valence-corrected chi connectivity index (χ3v) is 2.08. The Morgan fingerprint density at radius 1 is 1.12 bits per heavy atom. The fourth-order valence-corrected chi connectivity index (χ4v) is 1.36. The van der Waals surface area contributed by atoms with Crippen LogP contribution >= 0.6 is 0 Å². The minimum absolute atomic E-state index is 0.395. The zero-order chi connectivity index (χ0) is 12.7. The molecule has 17 heavy (non-hydrogen) atoms. The van der Waals surface area contributed by atoms with Crippen LogP contribution in [0.3, 0.4) is 0 Å². The summed E-state index contributed by atoms with van der Waals surface area (Å²) in [5, 5.41) is 0. The molecule has 0 fully saturated rings. The van der Waals surface area contributed by atoms with E-state index in [1.807, 2.05) is 13.8 Å². The first kappa shape index (κ1) is 13.4. The van der Waals surface area contributed by atoms with E-state index < -0.39 is 5.97 Å². The fourth-order valence-electron chi connectivity index (χ4n) is 1.36. The van der Waals surface area contributed by atoms with E-state index in [9.17, 15) is 4.79 Å². The lowest BCUT2D eigenvalue weighted by molar-refractivity contribution is 0.0599. The Morgan fingerprint density at radius 3 is 2.29 bits per heavy atom. The SMILES string of the molecule is CCCOc1cc(OCC)cc(C(=O)OC)c1. The Kier molecular flexibility index (Phi) is 5.33. The van der Waals surface area contributed by atoms with Crippen LogP contribution in [0.5, 0.6) is 11.5 Å². The quantitative estimate of drug-likeness (QED) is 0.715. The van der Waals surface area contributed by atoms with E-state index in [4.69, 9.17) is 9.47 Å². The zero-order valence-electron chi connectivity index (χ0n) is 10.5. The maximum absolute atomic E-state index is 11.5. The van der Waals surface area contributed by atoms with Crippen LogP contribution in [0.25, 0.3) is 0 Å². The van der Waals surface area contributed by atoms with Crippen LogP contribution in [0.15, 0.2) is 18.2 Å². The lowest BCUT2D eigenvalue weighted by Crippen LogP contribution is -2.04. The first-order valence-corrected chi connectivity index (χ1v) is 5.70. The Bertz CT molecular complexity index is 374. The van der Waals surface area contributed by atoms with Crippen LogP contribution in [-0.2, 0) is 4.74 Å². The van der Waals surface area contributed by atoms with Crippen molar-refractivity contribution in [3.05, 3.63) is 23.8 Å². The van der Waals surface area contributed by atoms with Gasteiger partial charge in [-0.1, -0.05) is 6.92 Å². The minimum Gasteiger partial charge on any atom is -0.494 e. The lowest BCUT2D eigenvalue weighted by atomic mass is 10.2. The van der Waals surface area contributed by atoms with Crippen molar-refractivity contribution >= 4 is 5.97 Å². The first-order chi connectivity index (χ1) is 8.21. The van der Waals surface area contributed by atoms with Gasteiger partial charge in [0, 0.05) is 6.07 Å². The number of hydrogen-bond acceptors (Lipinski definition) is 4. The highest BCUT2D eigenvalue weighted by Crippen LogP contribution is 2.23. The molecule has 4 heteroatoms. The molecule has 0 bridgehead atoms. The van der Waals surface area contributed by atoms with Gasteiger partial charge in [0.1, 0.15) is 11.5 Å². The number of hydrogen-bond donors (Lipinski definition) is 0. The van der Waals surface area contributed by atoms with E-state index in [1.54, 1.807) is 18.2 Å². The van der Waals surface area contributed by atoms with Crippen molar-refractivity contribution in [3.63, 3.8) is 0 Å².